The van der Waals surface area contributed by atoms with Gasteiger partial charge in [0.1, 0.15) is 5.82 Å². The molecular formula is C20H20ClFN2O2. The van der Waals surface area contributed by atoms with Gasteiger partial charge in [0, 0.05) is 31.2 Å². The first-order chi connectivity index (χ1) is 12.5. The first-order valence-electron chi connectivity index (χ1n) is 8.60. The number of hydrogen-bond acceptors (Lipinski definition) is 2. The second kappa shape index (κ2) is 8.32. The summed E-state index contributed by atoms with van der Waals surface area (Å²) in [6.45, 7) is 1.96. The van der Waals surface area contributed by atoms with Crippen molar-refractivity contribution in [3.63, 3.8) is 0 Å². The summed E-state index contributed by atoms with van der Waals surface area (Å²) >= 11 is 5.87. The Balaban J connectivity index is 1.61. The van der Waals surface area contributed by atoms with Gasteiger partial charge in [-0.3, -0.25) is 9.59 Å². The molecule has 4 nitrogen and oxygen atoms in total. The van der Waals surface area contributed by atoms with Crippen molar-refractivity contribution in [1.29, 1.82) is 0 Å². The zero-order valence-electron chi connectivity index (χ0n) is 14.3. The molecule has 3 rings (SSSR count). The molecule has 0 atom stereocenters. The molecule has 0 radical (unpaired) electrons. The van der Waals surface area contributed by atoms with Crippen molar-refractivity contribution < 1.29 is 14.0 Å². The highest BCUT2D eigenvalue weighted by molar-refractivity contribution is 6.30. The van der Waals surface area contributed by atoms with Crippen LogP contribution in [0.2, 0.25) is 5.02 Å². The molecular weight excluding hydrogens is 355 g/mol. The van der Waals surface area contributed by atoms with E-state index in [2.05, 4.69) is 0 Å². The summed E-state index contributed by atoms with van der Waals surface area (Å²) in [6, 6.07) is 13.2. The number of hydrogen-bond donors (Lipinski definition) is 0. The first kappa shape index (κ1) is 18.4. The molecule has 0 bridgehead atoms. The van der Waals surface area contributed by atoms with E-state index < -0.39 is 5.82 Å². The number of rotatable bonds is 3. The highest BCUT2D eigenvalue weighted by Crippen LogP contribution is 2.14. The normalized spacial score (nSPS) is 14.8. The zero-order chi connectivity index (χ0) is 18.5. The fraction of sp³-hybridized carbons (Fsp3) is 0.300. The lowest BCUT2D eigenvalue weighted by Gasteiger charge is -2.22. The smallest absolute Gasteiger partial charge is 0.256 e. The van der Waals surface area contributed by atoms with Gasteiger partial charge < -0.3 is 9.80 Å². The summed E-state index contributed by atoms with van der Waals surface area (Å²) in [7, 11) is 0. The third kappa shape index (κ3) is 4.41. The van der Waals surface area contributed by atoms with Crippen LogP contribution in [0.15, 0.2) is 48.5 Å². The predicted molar refractivity (Wildman–Crippen MR) is 98.7 cm³/mol. The van der Waals surface area contributed by atoms with Gasteiger partial charge in [-0.1, -0.05) is 35.9 Å². The van der Waals surface area contributed by atoms with Crippen LogP contribution in [0.1, 0.15) is 22.3 Å². The molecule has 0 saturated carbocycles. The average Bonchev–Trinajstić information content (AvgIpc) is 2.90. The van der Waals surface area contributed by atoms with Crippen molar-refractivity contribution in [3.05, 3.63) is 70.5 Å². The van der Waals surface area contributed by atoms with Crippen LogP contribution in [0.4, 0.5) is 4.39 Å². The fourth-order valence-corrected chi connectivity index (χ4v) is 3.19. The third-order valence-electron chi connectivity index (χ3n) is 4.51. The van der Waals surface area contributed by atoms with Gasteiger partial charge in [0.2, 0.25) is 5.91 Å². The highest BCUT2D eigenvalue weighted by Gasteiger charge is 2.24. The Morgan fingerprint density at radius 3 is 2.31 bits per heavy atom. The van der Waals surface area contributed by atoms with Crippen molar-refractivity contribution in [3.8, 4) is 0 Å². The maximum Gasteiger partial charge on any atom is 0.256 e. The lowest BCUT2D eigenvalue weighted by Crippen LogP contribution is -2.38. The fourth-order valence-electron chi connectivity index (χ4n) is 3.06. The van der Waals surface area contributed by atoms with Crippen molar-refractivity contribution in [2.75, 3.05) is 26.2 Å². The molecule has 0 spiro atoms. The minimum atomic E-state index is -0.516. The molecule has 6 heteroatoms. The molecule has 1 aliphatic rings. The van der Waals surface area contributed by atoms with Crippen LogP contribution in [-0.2, 0) is 11.2 Å². The largest absolute Gasteiger partial charge is 0.341 e. The lowest BCUT2D eigenvalue weighted by molar-refractivity contribution is -0.130. The summed E-state index contributed by atoms with van der Waals surface area (Å²) in [5.74, 6) is -0.819. The van der Waals surface area contributed by atoms with Gasteiger partial charge in [-0.25, -0.2) is 4.39 Å². The molecule has 2 amide bonds. The van der Waals surface area contributed by atoms with E-state index in [4.69, 9.17) is 11.6 Å². The van der Waals surface area contributed by atoms with Gasteiger partial charge in [0.05, 0.1) is 12.0 Å². The SMILES string of the molecule is O=C(Cc1ccc(Cl)cc1)N1CCCN(C(=O)c2ccccc2F)CC1. The summed E-state index contributed by atoms with van der Waals surface area (Å²) in [5, 5.41) is 0.637. The maximum atomic E-state index is 13.9. The third-order valence-corrected chi connectivity index (χ3v) is 4.76. The Labute approximate surface area is 157 Å². The zero-order valence-corrected chi connectivity index (χ0v) is 15.1. The van der Waals surface area contributed by atoms with Crippen molar-refractivity contribution in [2.45, 2.75) is 12.8 Å². The maximum absolute atomic E-state index is 13.9. The predicted octanol–water partition coefficient (Wildman–Crippen LogP) is 3.40. The summed E-state index contributed by atoms with van der Waals surface area (Å²) in [6.07, 6.45) is 0.977. The summed E-state index contributed by atoms with van der Waals surface area (Å²) < 4.78 is 13.9. The minimum Gasteiger partial charge on any atom is -0.341 e. The Morgan fingerprint density at radius 1 is 0.923 bits per heavy atom. The summed E-state index contributed by atoms with van der Waals surface area (Å²) in [4.78, 5) is 28.5. The van der Waals surface area contributed by atoms with Crippen LogP contribution >= 0.6 is 11.6 Å². The van der Waals surface area contributed by atoms with Crippen molar-refractivity contribution in [2.24, 2.45) is 0 Å². The monoisotopic (exact) mass is 374 g/mol. The number of carbonyl (C=O) groups is 2. The van der Waals surface area contributed by atoms with Crippen LogP contribution in [0.5, 0.6) is 0 Å². The molecule has 0 unspecified atom stereocenters. The van der Waals surface area contributed by atoms with E-state index in [0.29, 0.717) is 44.0 Å². The Kier molecular flexibility index (Phi) is 5.89. The van der Waals surface area contributed by atoms with E-state index in [1.54, 1.807) is 34.1 Å². The topological polar surface area (TPSA) is 40.6 Å². The van der Waals surface area contributed by atoms with E-state index in [9.17, 15) is 14.0 Å². The molecule has 2 aromatic rings. The van der Waals surface area contributed by atoms with Crippen LogP contribution in [0.25, 0.3) is 0 Å². The molecule has 1 heterocycles. The van der Waals surface area contributed by atoms with Crippen LogP contribution in [0, 0.1) is 5.82 Å². The second-order valence-corrected chi connectivity index (χ2v) is 6.75. The molecule has 1 saturated heterocycles. The van der Waals surface area contributed by atoms with Crippen LogP contribution in [-0.4, -0.2) is 47.8 Å². The number of amides is 2. The van der Waals surface area contributed by atoms with E-state index in [-0.39, 0.29) is 17.4 Å². The molecule has 0 aromatic heterocycles. The van der Waals surface area contributed by atoms with Crippen molar-refractivity contribution in [1.82, 2.24) is 9.80 Å². The van der Waals surface area contributed by atoms with Crippen LogP contribution in [0.3, 0.4) is 0 Å². The van der Waals surface area contributed by atoms with E-state index in [1.807, 2.05) is 12.1 Å². The van der Waals surface area contributed by atoms with Gasteiger partial charge in [0.25, 0.3) is 5.91 Å². The minimum absolute atomic E-state index is 0.0208. The first-order valence-corrected chi connectivity index (χ1v) is 8.98. The van der Waals surface area contributed by atoms with Gasteiger partial charge in [-0.2, -0.15) is 0 Å². The molecule has 0 aliphatic carbocycles. The van der Waals surface area contributed by atoms with E-state index in [1.165, 1.54) is 12.1 Å². The number of benzene rings is 2. The highest BCUT2D eigenvalue weighted by atomic mass is 35.5. The second-order valence-electron chi connectivity index (χ2n) is 6.31. The van der Waals surface area contributed by atoms with Crippen molar-refractivity contribution >= 4 is 23.4 Å². The quantitative estimate of drug-likeness (QED) is 0.826. The standard InChI is InChI=1S/C20H20ClFN2O2/c21-16-8-6-15(7-9-16)14-19(25)23-10-3-11-24(13-12-23)20(26)17-4-1-2-5-18(17)22/h1-2,4-9H,3,10-14H2. The molecule has 1 aliphatic heterocycles. The Hall–Kier alpha value is -2.40. The molecule has 2 aromatic carbocycles. The Morgan fingerprint density at radius 2 is 1.58 bits per heavy atom. The van der Waals surface area contributed by atoms with Gasteiger partial charge in [-0.05, 0) is 36.2 Å². The van der Waals surface area contributed by atoms with Gasteiger partial charge in [0.15, 0.2) is 0 Å². The van der Waals surface area contributed by atoms with Gasteiger partial charge in [-0.15, -0.1) is 0 Å². The van der Waals surface area contributed by atoms with Crippen LogP contribution < -0.4 is 0 Å². The number of nitrogens with zero attached hydrogens (tertiary/aromatic N) is 2. The number of carbonyl (C=O) groups excluding carboxylic acids is 2. The molecule has 0 N–H and O–H groups in total. The summed E-state index contributed by atoms with van der Waals surface area (Å²) in [5.41, 5.74) is 0.983. The molecule has 136 valence electrons. The van der Waals surface area contributed by atoms with Gasteiger partial charge >= 0.3 is 0 Å². The Bertz CT molecular complexity index is 795. The molecule has 26 heavy (non-hydrogen) atoms. The lowest BCUT2D eigenvalue weighted by atomic mass is 10.1. The number of halogens is 2. The average molecular weight is 375 g/mol. The van der Waals surface area contributed by atoms with E-state index >= 15 is 0 Å². The van der Waals surface area contributed by atoms with E-state index in [0.717, 1.165) is 5.56 Å². The molecule has 1 fully saturated rings.